The van der Waals surface area contributed by atoms with Gasteiger partial charge in [0, 0.05) is 44.0 Å². The van der Waals surface area contributed by atoms with Crippen molar-refractivity contribution in [2.45, 2.75) is 32.6 Å². The second kappa shape index (κ2) is 10.0. The lowest BCUT2D eigenvalue weighted by Crippen LogP contribution is -2.48. The summed E-state index contributed by atoms with van der Waals surface area (Å²) >= 11 is 5.18. The number of sulfonamides is 1. The van der Waals surface area contributed by atoms with Gasteiger partial charge in [-0.2, -0.15) is 4.31 Å². The quantitative estimate of drug-likeness (QED) is 0.528. The summed E-state index contributed by atoms with van der Waals surface area (Å²) < 4.78 is 24.7. The molecule has 0 saturated carbocycles. The number of anilines is 2. The van der Waals surface area contributed by atoms with Gasteiger partial charge < -0.3 is 15.5 Å². The molecule has 2 rings (SSSR count). The molecule has 0 spiro atoms. The molecule has 1 aliphatic rings. The van der Waals surface area contributed by atoms with Gasteiger partial charge in [0.05, 0.1) is 6.26 Å². The van der Waals surface area contributed by atoms with E-state index in [9.17, 15) is 13.2 Å². The first-order valence-corrected chi connectivity index (χ1v) is 11.5. The minimum Gasteiger partial charge on any atom is -0.369 e. The molecule has 1 saturated heterocycles. The number of carbonyl (C=O) groups is 1. The zero-order valence-electron chi connectivity index (χ0n) is 15.9. The number of nitrogens with one attached hydrogen (secondary N) is 2. The van der Waals surface area contributed by atoms with Gasteiger partial charge in [-0.15, -0.1) is 0 Å². The molecule has 2 N–H and O–H groups in total. The largest absolute Gasteiger partial charge is 0.369 e. The monoisotopic (exact) mass is 412 g/mol. The van der Waals surface area contributed by atoms with Crippen LogP contribution < -0.4 is 15.5 Å². The lowest BCUT2D eigenvalue weighted by molar-refractivity contribution is -0.119. The van der Waals surface area contributed by atoms with E-state index < -0.39 is 10.0 Å². The van der Waals surface area contributed by atoms with Gasteiger partial charge in [0.15, 0.2) is 5.11 Å². The third-order valence-corrected chi connectivity index (χ3v) is 5.97. The lowest BCUT2D eigenvalue weighted by Gasteiger charge is -2.34. The van der Waals surface area contributed by atoms with Crippen molar-refractivity contribution < 1.29 is 13.2 Å². The van der Waals surface area contributed by atoms with Crippen molar-refractivity contribution in [3.05, 3.63) is 24.3 Å². The van der Waals surface area contributed by atoms with E-state index in [1.54, 1.807) is 0 Å². The molecule has 1 amide bonds. The van der Waals surface area contributed by atoms with E-state index in [1.807, 2.05) is 24.3 Å². The van der Waals surface area contributed by atoms with Crippen LogP contribution in [-0.4, -0.2) is 56.2 Å². The van der Waals surface area contributed by atoms with Crippen LogP contribution in [0.15, 0.2) is 24.3 Å². The molecule has 1 aliphatic heterocycles. The van der Waals surface area contributed by atoms with E-state index in [1.165, 1.54) is 10.6 Å². The van der Waals surface area contributed by atoms with Crippen molar-refractivity contribution in [2.24, 2.45) is 0 Å². The molecule has 9 heteroatoms. The van der Waals surface area contributed by atoms with Gasteiger partial charge in [-0.1, -0.05) is 19.8 Å². The fraction of sp³-hybridized carbons (Fsp3) is 0.556. The molecule has 0 bridgehead atoms. The van der Waals surface area contributed by atoms with Gasteiger partial charge in [-0.25, -0.2) is 8.42 Å². The average Bonchev–Trinajstić information content (AvgIpc) is 2.62. The van der Waals surface area contributed by atoms with Crippen LogP contribution in [0.4, 0.5) is 11.4 Å². The van der Waals surface area contributed by atoms with Crippen molar-refractivity contribution in [3.63, 3.8) is 0 Å². The Labute approximate surface area is 167 Å². The Balaban J connectivity index is 1.81. The molecule has 27 heavy (non-hydrogen) atoms. The predicted octanol–water partition coefficient (Wildman–Crippen LogP) is 2.16. The smallest absolute Gasteiger partial charge is 0.226 e. The molecule has 0 atom stereocenters. The van der Waals surface area contributed by atoms with Crippen molar-refractivity contribution in [3.8, 4) is 0 Å². The number of unbranched alkanes of at least 4 members (excludes halogenated alkanes) is 2. The molecular weight excluding hydrogens is 384 g/mol. The van der Waals surface area contributed by atoms with Crippen LogP contribution in [0.1, 0.15) is 32.6 Å². The van der Waals surface area contributed by atoms with E-state index in [0.717, 1.165) is 30.6 Å². The van der Waals surface area contributed by atoms with Crippen LogP contribution in [0.5, 0.6) is 0 Å². The molecule has 1 aromatic carbocycles. The highest BCUT2D eigenvalue weighted by Crippen LogP contribution is 2.20. The zero-order chi connectivity index (χ0) is 19.9. The first kappa shape index (κ1) is 21.6. The summed E-state index contributed by atoms with van der Waals surface area (Å²) in [6.07, 6.45) is 4.70. The number of hydrogen-bond acceptors (Lipinski definition) is 5. The summed E-state index contributed by atoms with van der Waals surface area (Å²) in [4.78, 5) is 13.9. The normalized spacial score (nSPS) is 15.4. The summed E-state index contributed by atoms with van der Waals surface area (Å²) in [5.74, 6) is -0.0682. The fourth-order valence-electron chi connectivity index (χ4n) is 2.92. The number of rotatable bonds is 7. The summed E-state index contributed by atoms with van der Waals surface area (Å²) in [7, 11) is -3.12. The van der Waals surface area contributed by atoms with Gasteiger partial charge in [0.2, 0.25) is 15.9 Å². The van der Waals surface area contributed by atoms with E-state index in [-0.39, 0.29) is 5.91 Å². The highest BCUT2D eigenvalue weighted by Gasteiger charge is 2.23. The second-order valence-corrected chi connectivity index (χ2v) is 9.05. The van der Waals surface area contributed by atoms with Gasteiger partial charge in [-0.3, -0.25) is 4.79 Å². The molecule has 1 fully saturated rings. The minimum atomic E-state index is -3.12. The molecule has 150 valence electrons. The number of carbonyl (C=O) groups excluding carboxylic acids is 1. The van der Waals surface area contributed by atoms with Crippen molar-refractivity contribution in [2.75, 3.05) is 42.7 Å². The predicted molar refractivity (Wildman–Crippen MR) is 114 cm³/mol. The van der Waals surface area contributed by atoms with Crippen LogP contribution >= 0.6 is 12.2 Å². The maximum atomic E-state index is 11.8. The SMILES string of the molecule is CCCCCC(=O)NC(=S)Nc1ccc(N2CCN(S(C)(=O)=O)CC2)cc1. The Kier molecular flexibility index (Phi) is 8.00. The second-order valence-electron chi connectivity index (χ2n) is 6.66. The van der Waals surface area contributed by atoms with Crippen LogP contribution in [0, 0.1) is 0 Å². The Hall–Kier alpha value is -1.71. The standard InChI is InChI=1S/C18H28N4O3S2/c1-3-4-5-6-17(23)20-18(26)19-15-7-9-16(10-8-15)21-11-13-22(14-12-21)27(2,24)25/h7-10H,3-6,11-14H2,1-2H3,(H2,19,20,23,26). The maximum Gasteiger partial charge on any atom is 0.226 e. The summed E-state index contributed by atoms with van der Waals surface area (Å²) in [5, 5.41) is 6.00. The average molecular weight is 413 g/mol. The maximum absolute atomic E-state index is 11.8. The van der Waals surface area contributed by atoms with Crippen LogP contribution in [0.25, 0.3) is 0 Å². The number of nitrogens with zero attached hydrogens (tertiary/aromatic N) is 2. The van der Waals surface area contributed by atoms with E-state index in [4.69, 9.17) is 12.2 Å². The lowest BCUT2D eigenvalue weighted by atomic mass is 10.2. The Bertz CT molecular complexity index is 742. The number of piperazine rings is 1. The molecule has 1 aromatic rings. The molecule has 1 heterocycles. The van der Waals surface area contributed by atoms with Gasteiger partial charge in [-0.05, 0) is 42.9 Å². The first-order valence-electron chi connectivity index (χ1n) is 9.20. The molecular formula is C18H28N4O3S2. The Morgan fingerprint density at radius 3 is 2.30 bits per heavy atom. The van der Waals surface area contributed by atoms with E-state index in [0.29, 0.717) is 37.7 Å². The molecule has 0 radical (unpaired) electrons. The fourth-order valence-corrected chi connectivity index (χ4v) is 3.98. The van der Waals surface area contributed by atoms with E-state index >= 15 is 0 Å². The molecule has 0 unspecified atom stereocenters. The topological polar surface area (TPSA) is 81.8 Å². The van der Waals surface area contributed by atoms with Crippen molar-refractivity contribution in [1.29, 1.82) is 0 Å². The van der Waals surface area contributed by atoms with Crippen LogP contribution in [0.3, 0.4) is 0 Å². The van der Waals surface area contributed by atoms with Crippen LogP contribution in [0.2, 0.25) is 0 Å². The number of benzene rings is 1. The van der Waals surface area contributed by atoms with Gasteiger partial charge >= 0.3 is 0 Å². The molecule has 0 aliphatic carbocycles. The van der Waals surface area contributed by atoms with E-state index in [2.05, 4.69) is 22.5 Å². The minimum absolute atomic E-state index is 0.0682. The van der Waals surface area contributed by atoms with Crippen molar-refractivity contribution >= 4 is 44.6 Å². The van der Waals surface area contributed by atoms with Crippen LogP contribution in [-0.2, 0) is 14.8 Å². The Morgan fingerprint density at radius 1 is 1.11 bits per heavy atom. The first-order chi connectivity index (χ1) is 12.8. The third-order valence-electron chi connectivity index (χ3n) is 4.46. The summed E-state index contributed by atoms with van der Waals surface area (Å²) in [6.45, 7) is 4.40. The number of amides is 1. The third kappa shape index (κ3) is 7.08. The zero-order valence-corrected chi connectivity index (χ0v) is 17.5. The number of hydrogen-bond donors (Lipinski definition) is 2. The van der Waals surface area contributed by atoms with Crippen molar-refractivity contribution in [1.82, 2.24) is 9.62 Å². The van der Waals surface area contributed by atoms with Gasteiger partial charge in [0.1, 0.15) is 0 Å². The highest BCUT2D eigenvalue weighted by atomic mass is 32.2. The summed E-state index contributed by atoms with van der Waals surface area (Å²) in [5.41, 5.74) is 1.83. The Morgan fingerprint density at radius 2 is 1.74 bits per heavy atom. The molecule has 7 nitrogen and oxygen atoms in total. The summed E-state index contributed by atoms with van der Waals surface area (Å²) in [6, 6.07) is 7.72. The number of thiocarbonyl (C=S) groups is 1. The highest BCUT2D eigenvalue weighted by molar-refractivity contribution is 7.88. The molecule has 0 aromatic heterocycles. The van der Waals surface area contributed by atoms with Gasteiger partial charge in [0.25, 0.3) is 0 Å².